The monoisotopic (exact) mass is 587 g/mol. The zero-order chi connectivity index (χ0) is 30.3. The fraction of sp³-hybridized carbons (Fsp3) is 0.500. The summed E-state index contributed by atoms with van der Waals surface area (Å²) >= 11 is 0. The highest BCUT2D eigenvalue weighted by Gasteiger charge is 2.46. The number of benzene rings is 2. The molecular weight excluding hydrogens is 550 g/mol. The van der Waals surface area contributed by atoms with Gasteiger partial charge in [-0.3, -0.25) is 0 Å². The Morgan fingerprint density at radius 1 is 1.12 bits per heavy atom. The van der Waals surface area contributed by atoms with Gasteiger partial charge in [0.25, 0.3) is 0 Å². The minimum absolute atomic E-state index is 0.00138. The third-order valence-electron chi connectivity index (χ3n) is 9.11. The summed E-state index contributed by atoms with van der Waals surface area (Å²) in [6.45, 7) is 7.39. The van der Waals surface area contributed by atoms with Gasteiger partial charge >= 0.3 is 18.2 Å². The molecule has 2 aromatic carbocycles. The lowest BCUT2D eigenvalue weighted by atomic mass is 9.72. The third-order valence-corrected chi connectivity index (χ3v) is 9.11. The van der Waals surface area contributed by atoms with Crippen LogP contribution < -0.4 is 0 Å². The van der Waals surface area contributed by atoms with Crippen molar-refractivity contribution in [2.45, 2.75) is 58.3 Å². The van der Waals surface area contributed by atoms with Gasteiger partial charge in [-0.05, 0) is 80.0 Å². The number of amides is 2. The standard InChI is InChI=1S/C32H37F4N3O3/c1-5-28(22-12-19(2)13-23(15-22)32(34,35)36)37(4)31(41)39-11-9-21-8-10-38(25-16-29(40)42-18-25)17-27(21)30(39)26-7-6-24(33)14-20(26)3/h6-7,12-16,21,27-28,30H,5,8-11,17-18H2,1-4H3/t21-,27?,28?,30?/m0/s1. The van der Waals surface area contributed by atoms with Crippen LogP contribution in [0.3, 0.4) is 0 Å². The minimum atomic E-state index is -4.49. The van der Waals surface area contributed by atoms with E-state index >= 15 is 0 Å². The summed E-state index contributed by atoms with van der Waals surface area (Å²) in [6, 6.07) is 7.36. The number of fused-ring (bicyclic) bond motifs is 1. The van der Waals surface area contributed by atoms with E-state index in [2.05, 4.69) is 4.90 Å². The van der Waals surface area contributed by atoms with Gasteiger partial charge in [-0.15, -0.1) is 0 Å². The molecule has 0 saturated carbocycles. The van der Waals surface area contributed by atoms with Crippen LogP contribution >= 0.6 is 0 Å². The van der Waals surface area contributed by atoms with Crippen molar-refractivity contribution < 1.29 is 31.9 Å². The van der Waals surface area contributed by atoms with Crippen molar-refractivity contribution >= 4 is 12.0 Å². The number of ether oxygens (including phenoxy) is 1. The lowest BCUT2D eigenvalue weighted by Crippen LogP contribution is -2.55. The minimum Gasteiger partial charge on any atom is -0.456 e. The molecule has 3 heterocycles. The molecule has 0 N–H and O–H groups in total. The van der Waals surface area contributed by atoms with Gasteiger partial charge in [0.15, 0.2) is 0 Å². The van der Waals surface area contributed by atoms with Crippen LogP contribution in [0.2, 0.25) is 0 Å². The molecule has 4 atom stereocenters. The van der Waals surface area contributed by atoms with Crippen molar-refractivity contribution in [3.63, 3.8) is 0 Å². The van der Waals surface area contributed by atoms with Gasteiger partial charge < -0.3 is 19.4 Å². The molecule has 5 rings (SSSR count). The summed E-state index contributed by atoms with van der Waals surface area (Å²) in [5, 5.41) is 0. The molecule has 0 spiro atoms. The Morgan fingerprint density at radius 2 is 1.86 bits per heavy atom. The first-order chi connectivity index (χ1) is 19.9. The van der Waals surface area contributed by atoms with Crippen molar-refractivity contribution in [1.82, 2.24) is 14.7 Å². The number of alkyl halides is 3. The maximum Gasteiger partial charge on any atom is 0.416 e. The molecular formula is C32H37F4N3O3. The van der Waals surface area contributed by atoms with Crippen LogP contribution in [0.15, 0.2) is 48.2 Å². The topological polar surface area (TPSA) is 53.1 Å². The Bertz CT molecular complexity index is 1390. The average molecular weight is 588 g/mol. The van der Waals surface area contributed by atoms with Crippen LogP contribution in [-0.4, -0.2) is 60.0 Å². The highest BCUT2D eigenvalue weighted by atomic mass is 19.4. The summed E-state index contributed by atoms with van der Waals surface area (Å²) in [6.07, 6.45) is -0.888. The number of rotatable bonds is 5. The van der Waals surface area contributed by atoms with E-state index in [9.17, 15) is 27.2 Å². The molecule has 42 heavy (non-hydrogen) atoms. The summed E-state index contributed by atoms with van der Waals surface area (Å²) in [7, 11) is 1.65. The molecule has 3 aliphatic heterocycles. The van der Waals surface area contributed by atoms with E-state index in [1.54, 1.807) is 31.0 Å². The van der Waals surface area contributed by atoms with Crippen LogP contribution in [0.25, 0.3) is 0 Å². The lowest BCUT2D eigenvalue weighted by molar-refractivity contribution is -0.138. The van der Waals surface area contributed by atoms with Crippen LogP contribution in [0.4, 0.5) is 22.4 Å². The predicted molar refractivity (Wildman–Crippen MR) is 150 cm³/mol. The summed E-state index contributed by atoms with van der Waals surface area (Å²) in [5.74, 6) is -0.407. The predicted octanol–water partition coefficient (Wildman–Crippen LogP) is 6.79. The average Bonchev–Trinajstić information content (AvgIpc) is 3.38. The maximum absolute atomic E-state index is 14.3. The first-order valence-electron chi connectivity index (χ1n) is 14.5. The molecule has 3 aliphatic rings. The molecule has 2 saturated heterocycles. The summed E-state index contributed by atoms with van der Waals surface area (Å²) in [4.78, 5) is 31.6. The van der Waals surface area contributed by atoms with Gasteiger partial charge in [0.1, 0.15) is 12.4 Å². The molecule has 2 aromatic rings. The van der Waals surface area contributed by atoms with E-state index in [1.165, 1.54) is 18.2 Å². The number of hydrogen-bond acceptors (Lipinski definition) is 4. The molecule has 0 aromatic heterocycles. The number of urea groups is 1. The zero-order valence-corrected chi connectivity index (χ0v) is 24.4. The Labute approximate surface area is 243 Å². The number of nitrogens with zero attached hydrogens (tertiary/aromatic N) is 3. The van der Waals surface area contributed by atoms with E-state index in [1.807, 2.05) is 18.7 Å². The molecule has 2 amide bonds. The van der Waals surface area contributed by atoms with Gasteiger partial charge in [-0.2, -0.15) is 13.2 Å². The summed E-state index contributed by atoms with van der Waals surface area (Å²) in [5.41, 5.74) is 2.59. The second-order valence-corrected chi connectivity index (χ2v) is 11.8. The van der Waals surface area contributed by atoms with Gasteiger partial charge in [0, 0.05) is 38.7 Å². The van der Waals surface area contributed by atoms with E-state index in [-0.39, 0.29) is 36.4 Å². The molecule has 226 valence electrons. The van der Waals surface area contributed by atoms with E-state index in [0.717, 1.165) is 48.3 Å². The molecule has 2 fully saturated rings. The van der Waals surface area contributed by atoms with Gasteiger partial charge in [0.2, 0.25) is 0 Å². The number of aryl methyl sites for hydroxylation is 2. The van der Waals surface area contributed by atoms with Crippen molar-refractivity contribution in [3.8, 4) is 0 Å². The van der Waals surface area contributed by atoms with Gasteiger partial charge in [0.05, 0.1) is 23.3 Å². The molecule has 6 nitrogen and oxygen atoms in total. The van der Waals surface area contributed by atoms with Crippen molar-refractivity contribution in [2.24, 2.45) is 11.8 Å². The Hall–Kier alpha value is -3.56. The number of piperidine rings is 2. The number of likely N-dealkylation sites (tertiary alicyclic amines) is 2. The second-order valence-electron chi connectivity index (χ2n) is 11.8. The first-order valence-corrected chi connectivity index (χ1v) is 14.5. The summed E-state index contributed by atoms with van der Waals surface area (Å²) < 4.78 is 60.3. The van der Waals surface area contributed by atoms with Crippen molar-refractivity contribution in [1.29, 1.82) is 0 Å². The van der Waals surface area contributed by atoms with Crippen LogP contribution in [0.5, 0.6) is 0 Å². The largest absolute Gasteiger partial charge is 0.456 e. The van der Waals surface area contributed by atoms with Crippen molar-refractivity contribution in [2.75, 3.05) is 33.3 Å². The van der Waals surface area contributed by atoms with Crippen LogP contribution in [0.1, 0.15) is 66.1 Å². The smallest absolute Gasteiger partial charge is 0.416 e. The van der Waals surface area contributed by atoms with Gasteiger partial charge in [-0.25, -0.2) is 14.0 Å². The van der Waals surface area contributed by atoms with E-state index in [0.29, 0.717) is 36.6 Å². The zero-order valence-electron chi connectivity index (χ0n) is 24.4. The Balaban J connectivity index is 1.50. The van der Waals surface area contributed by atoms with E-state index in [4.69, 9.17) is 4.74 Å². The van der Waals surface area contributed by atoms with Crippen LogP contribution in [0, 0.1) is 31.5 Å². The number of hydrogen-bond donors (Lipinski definition) is 0. The fourth-order valence-corrected chi connectivity index (χ4v) is 7.05. The molecule has 10 heteroatoms. The SMILES string of the molecule is CCC(c1cc(C)cc(C(F)(F)F)c1)N(C)C(=O)N1CC[C@@H]2CCN(C3=CC(=O)OC3)CC2C1c1ccc(F)cc1C. The highest BCUT2D eigenvalue weighted by Crippen LogP contribution is 2.46. The molecule has 0 aliphatic carbocycles. The number of carbonyl (C=O) groups is 2. The van der Waals surface area contributed by atoms with E-state index < -0.39 is 17.8 Å². The normalized spacial score (nSPS) is 23.3. The maximum atomic E-state index is 14.3. The highest BCUT2D eigenvalue weighted by molar-refractivity contribution is 5.85. The molecule has 0 radical (unpaired) electrons. The molecule has 0 bridgehead atoms. The van der Waals surface area contributed by atoms with Gasteiger partial charge in [-0.1, -0.05) is 24.6 Å². The van der Waals surface area contributed by atoms with Crippen LogP contribution in [-0.2, 0) is 15.7 Å². The second kappa shape index (κ2) is 11.6. The number of halogens is 4. The quantitative estimate of drug-likeness (QED) is 0.286. The first kappa shape index (κ1) is 29.9. The number of cyclic esters (lactones) is 1. The molecule has 3 unspecified atom stereocenters. The fourth-order valence-electron chi connectivity index (χ4n) is 7.05. The Morgan fingerprint density at radius 3 is 2.50 bits per heavy atom. The number of esters is 1. The van der Waals surface area contributed by atoms with Crippen molar-refractivity contribution in [3.05, 3.63) is 81.8 Å². The third kappa shape index (κ3) is 5.85. The number of carbonyl (C=O) groups excluding carboxylic acids is 2. The lowest BCUT2D eigenvalue weighted by Gasteiger charge is -2.52. The Kier molecular flexibility index (Phi) is 8.27.